The van der Waals surface area contributed by atoms with Crippen LogP contribution in [0.3, 0.4) is 0 Å². The van der Waals surface area contributed by atoms with Crippen LogP contribution in [-0.2, 0) is 0 Å². The quantitative estimate of drug-likeness (QED) is 0.660. The zero-order chi connectivity index (χ0) is 14.1. The number of nitrogen functional groups attached to an aromatic ring is 1. The molecule has 1 aromatic heterocycles. The van der Waals surface area contributed by atoms with Crippen molar-refractivity contribution in [3.63, 3.8) is 0 Å². The lowest BCUT2D eigenvalue weighted by molar-refractivity contribution is 0.487. The fourth-order valence-electron chi connectivity index (χ4n) is 1.90. The zero-order valence-corrected chi connectivity index (χ0v) is 12.6. The van der Waals surface area contributed by atoms with Gasteiger partial charge in [-0.05, 0) is 58.4 Å². The Morgan fingerprint density at radius 3 is 2.60 bits per heavy atom. The third-order valence-corrected chi connectivity index (χ3v) is 3.54. The molecule has 1 heterocycles. The number of nitrogens with two attached hydrogens (primary N) is 1. The Kier molecular flexibility index (Phi) is 3.51. The highest BCUT2D eigenvalue weighted by Crippen LogP contribution is 2.33. The minimum atomic E-state index is 0.657. The number of ether oxygens (including phenoxy) is 1. The number of anilines is 1. The second-order valence-corrected chi connectivity index (χ2v) is 5.61. The molecule has 0 amide bonds. The highest BCUT2D eigenvalue weighted by Gasteiger charge is 2.08. The molecule has 3 aromatic rings. The van der Waals surface area contributed by atoms with E-state index in [1.807, 2.05) is 30.3 Å². The molecule has 0 spiro atoms. The van der Waals surface area contributed by atoms with Crippen LogP contribution in [0.4, 0.5) is 5.69 Å². The largest absolute Gasteiger partial charge is 0.455 e. The van der Waals surface area contributed by atoms with Crippen molar-refractivity contribution in [3.05, 3.63) is 58.2 Å². The van der Waals surface area contributed by atoms with Crippen molar-refractivity contribution < 1.29 is 4.74 Å². The van der Waals surface area contributed by atoms with Gasteiger partial charge in [-0.3, -0.25) is 4.98 Å². The van der Waals surface area contributed by atoms with Crippen LogP contribution in [0.2, 0.25) is 5.02 Å². The van der Waals surface area contributed by atoms with Crippen LogP contribution in [0.25, 0.3) is 10.9 Å². The molecule has 0 fully saturated rings. The van der Waals surface area contributed by atoms with E-state index < -0.39 is 0 Å². The fourth-order valence-corrected chi connectivity index (χ4v) is 2.36. The number of benzene rings is 2. The number of nitrogens with zero attached hydrogens (tertiary/aromatic N) is 1. The highest BCUT2D eigenvalue weighted by atomic mass is 79.9. The van der Waals surface area contributed by atoms with Gasteiger partial charge in [-0.1, -0.05) is 11.6 Å². The molecule has 0 radical (unpaired) electrons. The van der Waals surface area contributed by atoms with E-state index in [9.17, 15) is 0 Å². The van der Waals surface area contributed by atoms with E-state index in [2.05, 4.69) is 20.9 Å². The number of fused-ring (bicyclic) bond motifs is 1. The van der Waals surface area contributed by atoms with Crippen LogP contribution >= 0.6 is 27.5 Å². The summed E-state index contributed by atoms with van der Waals surface area (Å²) in [5, 5.41) is 1.52. The Bertz CT molecular complexity index is 775. The third kappa shape index (κ3) is 2.57. The average Bonchev–Trinajstić information content (AvgIpc) is 2.44. The molecule has 0 saturated heterocycles. The molecule has 0 saturated carbocycles. The molecule has 0 atom stereocenters. The van der Waals surface area contributed by atoms with E-state index in [0.29, 0.717) is 22.2 Å². The molecular formula is C15H10BrClN2O. The first-order chi connectivity index (χ1) is 9.63. The molecule has 5 heteroatoms. The number of hydrogen-bond acceptors (Lipinski definition) is 3. The maximum atomic E-state index is 5.97. The second kappa shape index (κ2) is 5.31. The van der Waals surface area contributed by atoms with Crippen LogP contribution in [0.5, 0.6) is 11.5 Å². The van der Waals surface area contributed by atoms with Crippen LogP contribution in [0.1, 0.15) is 0 Å². The predicted octanol–water partition coefficient (Wildman–Crippen LogP) is 5.03. The van der Waals surface area contributed by atoms with Crippen LogP contribution in [0.15, 0.2) is 53.1 Å². The van der Waals surface area contributed by atoms with E-state index in [1.165, 1.54) is 0 Å². The van der Waals surface area contributed by atoms with Crippen molar-refractivity contribution in [1.29, 1.82) is 0 Å². The Hall–Kier alpha value is -1.78. The second-order valence-electron chi connectivity index (χ2n) is 4.26. The zero-order valence-electron chi connectivity index (χ0n) is 10.3. The number of halogens is 2. The first kappa shape index (κ1) is 13.2. The van der Waals surface area contributed by atoms with Crippen molar-refractivity contribution in [2.75, 3.05) is 5.73 Å². The predicted molar refractivity (Wildman–Crippen MR) is 85.4 cm³/mol. The smallest absolute Gasteiger partial charge is 0.153 e. The summed E-state index contributed by atoms with van der Waals surface area (Å²) in [7, 11) is 0. The Morgan fingerprint density at radius 1 is 1.10 bits per heavy atom. The van der Waals surface area contributed by atoms with Gasteiger partial charge in [-0.15, -0.1) is 0 Å². The van der Waals surface area contributed by atoms with Gasteiger partial charge in [-0.2, -0.15) is 0 Å². The van der Waals surface area contributed by atoms with Crippen molar-refractivity contribution in [2.45, 2.75) is 0 Å². The van der Waals surface area contributed by atoms with Gasteiger partial charge in [0.1, 0.15) is 11.3 Å². The Balaban J connectivity index is 2.08. The number of rotatable bonds is 2. The third-order valence-electron chi connectivity index (χ3n) is 2.85. The SMILES string of the molecule is Nc1ccc(Oc2ccc(Cl)cc2)c2ncc(Br)cc12. The number of aromatic nitrogens is 1. The Labute approximate surface area is 129 Å². The molecule has 0 aliphatic rings. The highest BCUT2D eigenvalue weighted by molar-refractivity contribution is 9.10. The average molecular weight is 350 g/mol. The summed E-state index contributed by atoms with van der Waals surface area (Å²) in [5.41, 5.74) is 7.36. The van der Waals surface area contributed by atoms with Gasteiger partial charge >= 0.3 is 0 Å². The van der Waals surface area contributed by atoms with Crippen molar-refractivity contribution in [2.24, 2.45) is 0 Å². The van der Waals surface area contributed by atoms with E-state index in [4.69, 9.17) is 22.1 Å². The molecule has 3 rings (SSSR count). The topological polar surface area (TPSA) is 48.1 Å². The number of pyridine rings is 1. The summed E-state index contributed by atoms with van der Waals surface area (Å²) < 4.78 is 6.72. The minimum absolute atomic E-state index is 0.657. The molecular weight excluding hydrogens is 340 g/mol. The van der Waals surface area contributed by atoms with Gasteiger partial charge in [0.05, 0.1) is 0 Å². The monoisotopic (exact) mass is 348 g/mol. The molecule has 0 unspecified atom stereocenters. The summed E-state index contributed by atoms with van der Waals surface area (Å²) in [6.07, 6.45) is 1.72. The van der Waals surface area contributed by atoms with Crippen molar-refractivity contribution in [1.82, 2.24) is 4.98 Å². The molecule has 0 bridgehead atoms. The summed E-state index contributed by atoms with van der Waals surface area (Å²) in [5.74, 6) is 1.36. The van der Waals surface area contributed by atoms with E-state index in [-0.39, 0.29) is 0 Å². The molecule has 0 aliphatic carbocycles. The van der Waals surface area contributed by atoms with Gasteiger partial charge in [0, 0.05) is 26.8 Å². The van der Waals surface area contributed by atoms with Gasteiger partial charge in [0.25, 0.3) is 0 Å². The van der Waals surface area contributed by atoms with Gasteiger partial charge < -0.3 is 10.5 Å². The first-order valence-corrected chi connectivity index (χ1v) is 7.08. The lowest BCUT2D eigenvalue weighted by Gasteiger charge is -2.10. The van der Waals surface area contributed by atoms with E-state index >= 15 is 0 Å². The lowest BCUT2D eigenvalue weighted by atomic mass is 10.1. The molecule has 2 N–H and O–H groups in total. The summed E-state index contributed by atoms with van der Waals surface area (Å²) in [6.45, 7) is 0. The summed E-state index contributed by atoms with van der Waals surface area (Å²) >= 11 is 9.25. The maximum absolute atomic E-state index is 5.97. The molecule has 0 aliphatic heterocycles. The van der Waals surface area contributed by atoms with Crippen LogP contribution in [0, 0.1) is 0 Å². The van der Waals surface area contributed by atoms with E-state index in [1.54, 1.807) is 18.3 Å². The van der Waals surface area contributed by atoms with Gasteiger partial charge in [-0.25, -0.2) is 0 Å². The van der Waals surface area contributed by atoms with Crippen molar-refractivity contribution in [3.8, 4) is 11.5 Å². The number of hydrogen-bond donors (Lipinski definition) is 1. The lowest BCUT2D eigenvalue weighted by Crippen LogP contribution is -1.92. The summed E-state index contributed by atoms with van der Waals surface area (Å²) in [6, 6.07) is 12.7. The van der Waals surface area contributed by atoms with E-state index in [0.717, 1.165) is 15.4 Å². The fraction of sp³-hybridized carbons (Fsp3) is 0. The first-order valence-electron chi connectivity index (χ1n) is 5.90. The molecule has 100 valence electrons. The maximum Gasteiger partial charge on any atom is 0.153 e. The minimum Gasteiger partial charge on any atom is -0.455 e. The van der Waals surface area contributed by atoms with Crippen molar-refractivity contribution >= 4 is 44.1 Å². The molecule has 20 heavy (non-hydrogen) atoms. The van der Waals surface area contributed by atoms with Crippen LogP contribution in [-0.4, -0.2) is 4.98 Å². The van der Waals surface area contributed by atoms with Crippen LogP contribution < -0.4 is 10.5 Å². The normalized spacial score (nSPS) is 10.7. The molecule has 3 nitrogen and oxygen atoms in total. The van der Waals surface area contributed by atoms with Gasteiger partial charge in [0.2, 0.25) is 0 Å². The standard InChI is InChI=1S/C15H10BrClN2O/c16-9-7-12-13(18)5-6-14(15(12)19-8-9)20-11-3-1-10(17)2-4-11/h1-8H,18H2. The Morgan fingerprint density at radius 2 is 1.85 bits per heavy atom. The molecule has 2 aromatic carbocycles. The van der Waals surface area contributed by atoms with Gasteiger partial charge in [0.15, 0.2) is 5.75 Å². The summed E-state index contributed by atoms with van der Waals surface area (Å²) in [4.78, 5) is 4.38.